The van der Waals surface area contributed by atoms with Gasteiger partial charge < -0.3 is 5.11 Å². The van der Waals surface area contributed by atoms with E-state index in [1.807, 2.05) is 0 Å². The molecule has 1 unspecified atom stereocenters. The van der Waals surface area contributed by atoms with Crippen molar-refractivity contribution in [3.63, 3.8) is 0 Å². The predicted octanol–water partition coefficient (Wildman–Crippen LogP) is 1.31. The van der Waals surface area contributed by atoms with Gasteiger partial charge in [-0.05, 0) is 19.8 Å². The van der Waals surface area contributed by atoms with Gasteiger partial charge in [0.15, 0.2) is 0 Å². The molecule has 1 radical (unpaired) electrons. The van der Waals surface area contributed by atoms with E-state index in [1.165, 1.54) is 6.16 Å². The van der Waals surface area contributed by atoms with Crippen LogP contribution in [0.5, 0.6) is 0 Å². The molecule has 8 heavy (non-hydrogen) atoms. The molecule has 0 aromatic heterocycles. The van der Waals surface area contributed by atoms with Crippen LogP contribution >= 0.6 is 8.58 Å². The largest absolute Gasteiger partial charge is 0.397 e. The van der Waals surface area contributed by atoms with Crippen molar-refractivity contribution in [3.8, 4) is 0 Å². The summed E-state index contributed by atoms with van der Waals surface area (Å²) in [5.41, 5.74) is 0. The Morgan fingerprint density at radius 1 is 1.38 bits per heavy atom. The number of rotatable bonds is 1. The van der Waals surface area contributed by atoms with Crippen molar-refractivity contribution in [2.75, 3.05) is 19.4 Å². The first-order valence-corrected chi connectivity index (χ1v) is 4.29. The topological polar surface area (TPSA) is 20.2 Å². The van der Waals surface area contributed by atoms with Crippen LogP contribution in [0.4, 0.5) is 0 Å². The average molecular weight is 274 g/mol. The van der Waals surface area contributed by atoms with Crippen molar-refractivity contribution in [2.24, 2.45) is 0 Å². The first kappa shape index (κ1) is 16.5. The molecule has 0 aliphatic rings. The number of aliphatic hydroxyl groups excluding tert-OH is 1. The Kier molecular flexibility index (Phi) is 47.6. The summed E-state index contributed by atoms with van der Waals surface area (Å²) in [5.74, 6) is 0. The molecule has 0 aliphatic heterocycles. The molecule has 0 aromatic carbocycles. The summed E-state index contributed by atoms with van der Waals surface area (Å²) in [6.45, 7) is 6.33. The Morgan fingerprint density at radius 3 is 1.50 bits per heavy atom. The zero-order chi connectivity index (χ0) is 6.12. The van der Waals surface area contributed by atoms with E-state index in [9.17, 15) is 0 Å². The summed E-state index contributed by atoms with van der Waals surface area (Å²) in [4.78, 5) is 0. The maximum Gasteiger partial charge on any atom is 0.0402 e. The minimum absolute atomic E-state index is 0. The molecule has 0 bridgehead atoms. The molecule has 0 amide bonds. The zero-order valence-corrected chi connectivity index (χ0v) is 9.16. The Morgan fingerprint density at radius 2 is 1.50 bits per heavy atom. The van der Waals surface area contributed by atoms with Crippen molar-refractivity contribution in [1.29, 1.82) is 0 Å². The van der Waals surface area contributed by atoms with E-state index in [4.69, 9.17) is 5.11 Å². The second-order valence-electron chi connectivity index (χ2n) is 1.02. The van der Waals surface area contributed by atoms with Crippen molar-refractivity contribution in [1.82, 2.24) is 0 Å². The van der Waals surface area contributed by atoms with Gasteiger partial charge in [0.05, 0.1) is 0 Å². The van der Waals surface area contributed by atoms with Crippen LogP contribution in [0.25, 0.3) is 0 Å². The Hall–Kier alpha value is 1.97. The monoisotopic (exact) mass is 275 g/mol. The van der Waals surface area contributed by atoms with Gasteiger partial charge in [-0.2, -0.15) is 0 Å². The molecule has 0 saturated carbocycles. The van der Waals surface area contributed by atoms with Gasteiger partial charge in [0.2, 0.25) is 0 Å². The summed E-state index contributed by atoms with van der Waals surface area (Å²) >= 11 is 0. The number of hydrogen-bond acceptors (Lipinski definition) is 1. The van der Waals surface area contributed by atoms with Gasteiger partial charge in [0, 0.05) is 56.0 Å². The Bertz CT molecular complexity index is 19.9. The molecule has 3 heteroatoms. The molecule has 1 N–H and O–H groups in total. The molecule has 0 saturated heterocycles. The van der Waals surface area contributed by atoms with Crippen LogP contribution in [0.3, 0.4) is 0 Å². The molecule has 1 nitrogen and oxygen atoms in total. The predicted molar refractivity (Wildman–Crippen MR) is 37.5 cm³/mol. The van der Waals surface area contributed by atoms with Gasteiger partial charge in [-0.1, -0.05) is 6.92 Å². The van der Waals surface area contributed by atoms with Gasteiger partial charge in [-0.15, -0.1) is 8.58 Å². The molecule has 0 aliphatic carbocycles. The SMILES string of the molecule is CCO.CCPC.[Eu]. The summed E-state index contributed by atoms with van der Waals surface area (Å²) in [6.07, 6.45) is 1.35. The summed E-state index contributed by atoms with van der Waals surface area (Å²) in [7, 11) is 1.14. The van der Waals surface area contributed by atoms with Crippen LogP contribution in [0, 0.1) is 49.4 Å². The fraction of sp³-hybridized carbons (Fsp3) is 1.00. The minimum Gasteiger partial charge on any atom is -0.397 e. The Labute approximate surface area is 95.0 Å². The number of hydrogen-bond donors (Lipinski definition) is 1. The molecule has 0 heterocycles. The van der Waals surface area contributed by atoms with Gasteiger partial charge in [0.25, 0.3) is 0 Å². The maximum atomic E-state index is 7.57. The summed E-state index contributed by atoms with van der Waals surface area (Å²) in [5, 5.41) is 7.57. The van der Waals surface area contributed by atoms with Crippen LogP contribution in [0.15, 0.2) is 0 Å². The third kappa shape index (κ3) is 43.8. The summed E-state index contributed by atoms with van der Waals surface area (Å²) < 4.78 is 0. The first-order valence-electron chi connectivity index (χ1n) is 2.58. The third-order valence-corrected chi connectivity index (χ3v) is 1.06. The van der Waals surface area contributed by atoms with E-state index in [-0.39, 0.29) is 56.0 Å². The maximum absolute atomic E-state index is 7.57. The van der Waals surface area contributed by atoms with E-state index in [0.29, 0.717) is 0 Å². The fourth-order valence-electron chi connectivity index (χ4n) is 0. The van der Waals surface area contributed by atoms with Gasteiger partial charge in [-0.3, -0.25) is 0 Å². The zero-order valence-electron chi connectivity index (χ0n) is 5.74. The van der Waals surface area contributed by atoms with E-state index in [1.54, 1.807) is 6.92 Å². The van der Waals surface area contributed by atoms with Gasteiger partial charge in [-0.25, -0.2) is 0 Å². The average Bonchev–Trinajstić information content (AvgIpc) is 1.69. The van der Waals surface area contributed by atoms with Crippen LogP contribution in [0.2, 0.25) is 0 Å². The smallest absolute Gasteiger partial charge is 0.0402 e. The molecule has 0 spiro atoms. The Balaban J connectivity index is -0.0000000575. The van der Waals surface area contributed by atoms with Crippen molar-refractivity contribution in [2.45, 2.75) is 13.8 Å². The van der Waals surface area contributed by atoms with E-state index in [0.717, 1.165) is 8.58 Å². The van der Waals surface area contributed by atoms with Gasteiger partial charge >= 0.3 is 0 Å². The van der Waals surface area contributed by atoms with Crippen LogP contribution in [-0.2, 0) is 0 Å². The standard InChI is InChI=1S/C3H9P.C2H6O.Eu/c1-3-4-2;1-2-3;/h4H,3H2,1-2H3;3H,2H2,1H3;. The fourth-order valence-corrected chi connectivity index (χ4v) is 0. The molecule has 53 valence electrons. The van der Waals surface area contributed by atoms with Crippen LogP contribution in [0.1, 0.15) is 13.8 Å². The molecule has 0 rings (SSSR count). The second-order valence-corrected chi connectivity index (χ2v) is 2.44. The molecule has 1 atom stereocenters. The first-order chi connectivity index (χ1) is 3.33. The number of aliphatic hydroxyl groups is 1. The van der Waals surface area contributed by atoms with Crippen LogP contribution in [-0.4, -0.2) is 24.5 Å². The summed E-state index contributed by atoms with van der Waals surface area (Å²) in [6, 6.07) is 0. The van der Waals surface area contributed by atoms with E-state index in [2.05, 4.69) is 13.6 Å². The quantitative estimate of drug-likeness (QED) is 0.715. The van der Waals surface area contributed by atoms with Crippen molar-refractivity contribution < 1.29 is 54.5 Å². The van der Waals surface area contributed by atoms with Crippen molar-refractivity contribution >= 4 is 8.58 Å². The molecular weight excluding hydrogens is 259 g/mol. The van der Waals surface area contributed by atoms with Crippen LogP contribution < -0.4 is 0 Å². The van der Waals surface area contributed by atoms with Crippen molar-refractivity contribution in [3.05, 3.63) is 0 Å². The minimum atomic E-state index is 0. The van der Waals surface area contributed by atoms with E-state index < -0.39 is 0 Å². The van der Waals surface area contributed by atoms with Gasteiger partial charge in [0.1, 0.15) is 0 Å². The molecule has 0 aromatic rings. The van der Waals surface area contributed by atoms with E-state index >= 15 is 0 Å². The normalized spacial score (nSPS) is 7.50. The molecule has 0 fully saturated rings. The molecular formula is C5H15EuOP. The second kappa shape index (κ2) is 23.1. The third-order valence-electron chi connectivity index (χ3n) is 0.354.